The van der Waals surface area contributed by atoms with Crippen molar-refractivity contribution < 1.29 is 18.7 Å². The zero-order chi connectivity index (χ0) is 11.6. The second-order valence-corrected chi connectivity index (χ2v) is 4.02. The Hall–Kier alpha value is -0.500. The Kier molecular flexibility index (Phi) is 4.21. The number of carboxylic acid groups (broad SMARTS) is 1. The van der Waals surface area contributed by atoms with Gasteiger partial charge in [0.2, 0.25) is 0 Å². The molecular formula is C8H5ClF2INO2. The Morgan fingerprint density at radius 1 is 1.67 bits per heavy atom. The van der Waals surface area contributed by atoms with Crippen LogP contribution >= 0.6 is 34.2 Å². The molecule has 1 N–H and O–H groups in total. The number of hydrogen-bond acceptors (Lipinski definition) is 2. The molecule has 15 heavy (non-hydrogen) atoms. The molecule has 0 aliphatic carbocycles. The van der Waals surface area contributed by atoms with E-state index in [1.54, 1.807) is 22.6 Å². The van der Waals surface area contributed by atoms with Crippen LogP contribution in [-0.2, 0) is 5.88 Å². The summed E-state index contributed by atoms with van der Waals surface area (Å²) in [6.07, 6.45) is -2.71. The molecule has 0 radical (unpaired) electrons. The zero-order valence-corrected chi connectivity index (χ0v) is 10.1. The summed E-state index contributed by atoms with van der Waals surface area (Å²) in [5.74, 6) is -1.50. The van der Waals surface area contributed by atoms with Crippen LogP contribution in [0.5, 0.6) is 0 Å². The number of rotatable bonds is 3. The lowest BCUT2D eigenvalue weighted by Crippen LogP contribution is -2.08. The van der Waals surface area contributed by atoms with E-state index in [1.807, 2.05) is 0 Å². The van der Waals surface area contributed by atoms with Crippen molar-refractivity contribution in [3.63, 3.8) is 0 Å². The fourth-order valence-electron chi connectivity index (χ4n) is 0.987. The Balaban J connectivity index is 3.35. The van der Waals surface area contributed by atoms with Gasteiger partial charge >= 0.3 is 5.97 Å². The van der Waals surface area contributed by atoms with Gasteiger partial charge in [0.25, 0.3) is 6.43 Å². The molecule has 0 fully saturated rings. The number of pyridine rings is 1. The van der Waals surface area contributed by atoms with E-state index in [2.05, 4.69) is 4.98 Å². The third-order valence-corrected chi connectivity index (χ3v) is 2.73. The second kappa shape index (κ2) is 5.02. The van der Waals surface area contributed by atoms with Gasteiger partial charge in [-0.1, -0.05) is 0 Å². The van der Waals surface area contributed by atoms with Gasteiger partial charge in [-0.05, 0) is 28.7 Å². The Bertz CT molecular complexity index is 400. The molecule has 0 aromatic carbocycles. The first kappa shape index (κ1) is 12.6. The highest BCUT2D eigenvalue weighted by Gasteiger charge is 2.19. The summed E-state index contributed by atoms with van der Waals surface area (Å²) in [6, 6.07) is 1.10. The molecule has 0 atom stereocenters. The van der Waals surface area contributed by atoms with Crippen molar-refractivity contribution in [1.29, 1.82) is 0 Å². The highest BCUT2D eigenvalue weighted by atomic mass is 127. The van der Waals surface area contributed by atoms with E-state index in [-0.39, 0.29) is 26.4 Å². The molecule has 0 unspecified atom stereocenters. The van der Waals surface area contributed by atoms with Crippen molar-refractivity contribution in [2.24, 2.45) is 0 Å². The van der Waals surface area contributed by atoms with Crippen LogP contribution in [0.25, 0.3) is 0 Å². The first-order valence-electron chi connectivity index (χ1n) is 3.74. The number of hydrogen-bond donors (Lipinski definition) is 1. The Labute approximate surface area is 103 Å². The molecule has 0 saturated heterocycles. The fourth-order valence-corrected chi connectivity index (χ4v) is 1.89. The number of carbonyl (C=O) groups is 1. The first-order chi connectivity index (χ1) is 6.97. The molecule has 1 rings (SSSR count). The highest BCUT2D eigenvalue weighted by Crippen LogP contribution is 2.26. The molecule has 0 bridgehead atoms. The van der Waals surface area contributed by atoms with Crippen LogP contribution < -0.4 is 0 Å². The summed E-state index contributed by atoms with van der Waals surface area (Å²) in [5, 5.41) is 8.72. The van der Waals surface area contributed by atoms with Gasteiger partial charge < -0.3 is 5.11 Å². The largest absolute Gasteiger partial charge is 0.476 e. The molecule has 1 heterocycles. The topological polar surface area (TPSA) is 50.2 Å². The predicted molar refractivity (Wildman–Crippen MR) is 58.4 cm³/mol. The second-order valence-electron chi connectivity index (χ2n) is 2.59. The average Bonchev–Trinajstić information content (AvgIpc) is 2.16. The average molecular weight is 347 g/mol. The lowest BCUT2D eigenvalue weighted by molar-refractivity contribution is 0.0688. The van der Waals surface area contributed by atoms with Gasteiger partial charge in [0.15, 0.2) is 5.69 Å². The van der Waals surface area contributed by atoms with Crippen LogP contribution in [0.15, 0.2) is 6.07 Å². The summed E-state index contributed by atoms with van der Waals surface area (Å²) in [6.45, 7) is 0. The van der Waals surface area contributed by atoms with Crippen LogP contribution in [0, 0.1) is 3.57 Å². The number of carboxylic acids is 1. The van der Waals surface area contributed by atoms with Gasteiger partial charge in [0.05, 0.1) is 11.6 Å². The molecule has 82 valence electrons. The lowest BCUT2D eigenvalue weighted by atomic mass is 10.2. The Morgan fingerprint density at radius 2 is 2.27 bits per heavy atom. The maximum Gasteiger partial charge on any atom is 0.355 e. The van der Waals surface area contributed by atoms with E-state index in [0.29, 0.717) is 0 Å². The number of aromatic nitrogens is 1. The fraction of sp³-hybridized carbons (Fsp3) is 0.250. The van der Waals surface area contributed by atoms with Gasteiger partial charge in [-0.2, -0.15) is 0 Å². The molecular weight excluding hydrogens is 342 g/mol. The third kappa shape index (κ3) is 2.75. The number of halogens is 4. The number of aromatic carboxylic acids is 1. The normalized spacial score (nSPS) is 10.7. The zero-order valence-electron chi connectivity index (χ0n) is 7.18. The summed E-state index contributed by atoms with van der Waals surface area (Å²) in [5.41, 5.74) is -0.667. The number of alkyl halides is 3. The van der Waals surface area contributed by atoms with Crippen LogP contribution in [0.3, 0.4) is 0 Å². The summed E-state index contributed by atoms with van der Waals surface area (Å²) in [4.78, 5) is 14.3. The summed E-state index contributed by atoms with van der Waals surface area (Å²) >= 11 is 7.06. The van der Waals surface area contributed by atoms with E-state index < -0.39 is 12.4 Å². The molecule has 3 nitrogen and oxygen atoms in total. The predicted octanol–water partition coefficient (Wildman–Crippen LogP) is 3.06. The molecule has 0 spiro atoms. The van der Waals surface area contributed by atoms with Crippen molar-refractivity contribution in [2.45, 2.75) is 12.3 Å². The van der Waals surface area contributed by atoms with Gasteiger partial charge in [0.1, 0.15) is 0 Å². The van der Waals surface area contributed by atoms with Crippen LogP contribution in [-0.4, -0.2) is 16.1 Å². The quantitative estimate of drug-likeness (QED) is 0.675. The maximum atomic E-state index is 12.5. The maximum absolute atomic E-state index is 12.5. The van der Waals surface area contributed by atoms with Gasteiger partial charge in [-0.15, -0.1) is 11.6 Å². The van der Waals surface area contributed by atoms with Gasteiger partial charge in [-0.3, -0.25) is 0 Å². The minimum absolute atomic E-state index is 0.0931. The van der Waals surface area contributed by atoms with Crippen molar-refractivity contribution in [3.05, 3.63) is 26.6 Å². The smallest absolute Gasteiger partial charge is 0.355 e. The van der Waals surface area contributed by atoms with E-state index in [4.69, 9.17) is 16.7 Å². The van der Waals surface area contributed by atoms with Crippen molar-refractivity contribution in [3.8, 4) is 0 Å². The van der Waals surface area contributed by atoms with Gasteiger partial charge in [-0.25, -0.2) is 18.6 Å². The van der Waals surface area contributed by atoms with Crippen molar-refractivity contribution >= 4 is 40.2 Å². The minimum atomic E-state index is -2.71. The van der Waals surface area contributed by atoms with E-state index in [9.17, 15) is 13.6 Å². The third-order valence-electron chi connectivity index (χ3n) is 1.65. The standard InChI is InChI=1S/C8H5ClF2INO2/c9-2-5-3(7(10)11)1-4(12)6(13-5)8(14)15/h1,7H,2H2,(H,14,15). The molecule has 1 aromatic rings. The molecule has 1 aromatic heterocycles. The SMILES string of the molecule is O=C(O)c1nc(CCl)c(C(F)F)cc1I. The van der Waals surface area contributed by atoms with Gasteiger partial charge in [0, 0.05) is 9.13 Å². The van der Waals surface area contributed by atoms with E-state index in [1.165, 1.54) is 0 Å². The number of nitrogens with zero attached hydrogens (tertiary/aromatic N) is 1. The minimum Gasteiger partial charge on any atom is -0.476 e. The molecule has 7 heteroatoms. The molecule has 0 saturated carbocycles. The molecule has 0 aliphatic rings. The summed E-state index contributed by atoms with van der Waals surface area (Å²) in [7, 11) is 0. The van der Waals surface area contributed by atoms with Crippen molar-refractivity contribution in [2.75, 3.05) is 0 Å². The monoisotopic (exact) mass is 347 g/mol. The van der Waals surface area contributed by atoms with E-state index >= 15 is 0 Å². The molecule has 0 amide bonds. The van der Waals surface area contributed by atoms with Crippen molar-refractivity contribution in [1.82, 2.24) is 4.98 Å². The van der Waals surface area contributed by atoms with Crippen LogP contribution in [0.2, 0.25) is 0 Å². The highest BCUT2D eigenvalue weighted by molar-refractivity contribution is 14.1. The summed E-state index contributed by atoms with van der Waals surface area (Å²) < 4.78 is 25.1. The van der Waals surface area contributed by atoms with E-state index in [0.717, 1.165) is 6.07 Å². The Morgan fingerprint density at radius 3 is 2.67 bits per heavy atom. The first-order valence-corrected chi connectivity index (χ1v) is 5.35. The molecule has 0 aliphatic heterocycles. The lowest BCUT2D eigenvalue weighted by Gasteiger charge is -2.08. The van der Waals surface area contributed by atoms with Crippen LogP contribution in [0.4, 0.5) is 8.78 Å². The van der Waals surface area contributed by atoms with Crippen LogP contribution in [0.1, 0.15) is 28.2 Å².